The average Bonchev–Trinajstić information content (AvgIpc) is 2.80. The van der Waals surface area contributed by atoms with Crippen molar-refractivity contribution >= 4 is 17.2 Å². The molecule has 0 fully saturated rings. The molecule has 2 N–H and O–H groups in total. The van der Waals surface area contributed by atoms with E-state index in [1.54, 1.807) is 25.3 Å². The van der Waals surface area contributed by atoms with Crippen molar-refractivity contribution in [3.8, 4) is 16.7 Å². The summed E-state index contributed by atoms with van der Waals surface area (Å²) in [6.07, 6.45) is 0. The van der Waals surface area contributed by atoms with Crippen molar-refractivity contribution in [1.82, 2.24) is 9.36 Å². The number of nitrogen functional groups attached to an aromatic ring is 1. The van der Waals surface area contributed by atoms with Crippen LogP contribution in [0.4, 0.5) is 5.69 Å². The lowest BCUT2D eigenvalue weighted by molar-refractivity contribution is 0.409. The number of nitrogens with zero attached hydrogens (tertiary/aromatic N) is 2. The van der Waals surface area contributed by atoms with E-state index in [1.807, 2.05) is 0 Å². The van der Waals surface area contributed by atoms with Gasteiger partial charge in [-0.1, -0.05) is 20.8 Å². The quantitative estimate of drug-likeness (QED) is 0.873. The Morgan fingerprint density at radius 1 is 1.26 bits per heavy atom. The van der Waals surface area contributed by atoms with Gasteiger partial charge in [-0.25, -0.2) is 0 Å². The van der Waals surface area contributed by atoms with Crippen LogP contribution in [0.5, 0.6) is 16.7 Å². The summed E-state index contributed by atoms with van der Waals surface area (Å²) in [6, 6.07) is 5.25. The molecule has 0 radical (unpaired) electrons. The fraction of sp³-hybridized carbons (Fsp3) is 0.385. The average molecular weight is 279 g/mol. The molecule has 102 valence electrons. The molecule has 1 heterocycles. The van der Waals surface area contributed by atoms with Gasteiger partial charge in [0.2, 0.25) is 0 Å². The number of hydrogen-bond donors (Lipinski definition) is 1. The van der Waals surface area contributed by atoms with Crippen molar-refractivity contribution in [1.29, 1.82) is 0 Å². The van der Waals surface area contributed by atoms with Crippen molar-refractivity contribution in [2.45, 2.75) is 26.2 Å². The van der Waals surface area contributed by atoms with Crippen LogP contribution < -0.4 is 15.2 Å². The summed E-state index contributed by atoms with van der Waals surface area (Å²) in [7, 11) is 1.60. The Morgan fingerprint density at radius 3 is 2.58 bits per heavy atom. The van der Waals surface area contributed by atoms with Crippen LogP contribution in [0.2, 0.25) is 0 Å². The van der Waals surface area contributed by atoms with Gasteiger partial charge in [0.25, 0.3) is 5.19 Å². The predicted molar refractivity (Wildman–Crippen MR) is 76.1 cm³/mol. The summed E-state index contributed by atoms with van der Waals surface area (Å²) >= 11 is 1.21. The molecule has 1 aromatic heterocycles. The Bertz CT molecular complexity index is 576. The van der Waals surface area contributed by atoms with Crippen LogP contribution in [0.3, 0.4) is 0 Å². The van der Waals surface area contributed by atoms with Crippen molar-refractivity contribution in [2.24, 2.45) is 0 Å². The largest absolute Gasteiger partial charge is 0.497 e. The lowest BCUT2D eigenvalue weighted by Crippen LogP contribution is -2.12. The van der Waals surface area contributed by atoms with Gasteiger partial charge in [-0.05, 0) is 12.1 Å². The van der Waals surface area contributed by atoms with Crippen LogP contribution in [0.1, 0.15) is 26.6 Å². The molecule has 1 aromatic carbocycles. The number of rotatable bonds is 3. The molecule has 0 amide bonds. The van der Waals surface area contributed by atoms with Crippen molar-refractivity contribution in [2.75, 3.05) is 12.8 Å². The third kappa shape index (κ3) is 3.14. The molecule has 0 aliphatic carbocycles. The molecule has 0 aliphatic heterocycles. The monoisotopic (exact) mass is 279 g/mol. The summed E-state index contributed by atoms with van der Waals surface area (Å²) < 4.78 is 15.1. The number of methoxy groups -OCH3 is 1. The van der Waals surface area contributed by atoms with E-state index in [-0.39, 0.29) is 5.41 Å². The molecule has 0 atom stereocenters. The van der Waals surface area contributed by atoms with Crippen molar-refractivity contribution in [3.63, 3.8) is 0 Å². The van der Waals surface area contributed by atoms with Gasteiger partial charge in [-0.3, -0.25) is 0 Å². The molecular weight excluding hydrogens is 262 g/mol. The van der Waals surface area contributed by atoms with Crippen LogP contribution in [0, 0.1) is 0 Å². The van der Waals surface area contributed by atoms with Gasteiger partial charge in [0, 0.05) is 23.0 Å². The van der Waals surface area contributed by atoms with Gasteiger partial charge in [0.15, 0.2) is 11.6 Å². The van der Waals surface area contributed by atoms with E-state index in [1.165, 1.54) is 11.5 Å². The van der Waals surface area contributed by atoms with Gasteiger partial charge in [0.1, 0.15) is 5.75 Å². The summed E-state index contributed by atoms with van der Waals surface area (Å²) in [4.78, 5) is 4.36. The highest BCUT2D eigenvalue weighted by Crippen LogP contribution is 2.33. The Morgan fingerprint density at radius 2 is 2.00 bits per heavy atom. The Kier molecular flexibility index (Phi) is 3.61. The molecule has 0 spiro atoms. The molecular formula is C13H17N3O2S. The topological polar surface area (TPSA) is 70.3 Å². The molecule has 2 aromatic rings. The first kappa shape index (κ1) is 13.6. The summed E-state index contributed by atoms with van der Waals surface area (Å²) in [5, 5.41) is 0.477. The lowest BCUT2D eigenvalue weighted by Gasteiger charge is -2.12. The second kappa shape index (κ2) is 5.05. The second-order valence-electron chi connectivity index (χ2n) is 5.14. The molecule has 19 heavy (non-hydrogen) atoms. The second-order valence-corrected chi connectivity index (χ2v) is 5.85. The van der Waals surface area contributed by atoms with E-state index in [2.05, 4.69) is 30.1 Å². The van der Waals surface area contributed by atoms with E-state index in [0.29, 0.717) is 22.4 Å². The van der Waals surface area contributed by atoms with Crippen LogP contribution in [0.25, 0.3) is 0 Å². The lowest BCUT2D eigenvalue weighted by atomic mass is 9.96. The van der Waals surface area contributed by atoms with Crippen LogP contribution >= 0.6 is 11.5 Å². The first-order valence-corrected chi connectivity index (χ1v) is 6.63. The van der Waals surface area contributed by atoms with Gasteiger partial charge < -0.3 is 15.2 Å². The maximum atomic E-state index is 5.86. The minimum Gasteiger partial charge on any atom is -0.497 e. The molecule has 0 bridgehead atoms. The van der Waals surface area contributed by atoms with Crippen molar-refractivity contribution in [3.05, 3.63) is 24.0 Å². The number of anilines is 1. The van der Waals surface area contributed by atoms with Gasteiger partial charge >= 0.3 is 0 Å². The summed E-state index contributed by atoms with van der Waals surface area (Å²) in [5.74, 6) is 1.97. The molecule has 0 saturated heterocycles. The van der Waals surface area contributed by atoms with E-state index < -0.39 is 0 Å². The molecule has 0 aliphatic rings. The highest BCUT2D eigenvalue weighted by atomic mass is 32.1. The summed E-state index contributed by atoms with van der Waals surface area (Å²) in [6.45, 7) is 6.16. The Balaban J connectivity index is 2.24. The number of nitrogens with two attached hydrogens (primary N) is 1. The molecule has 0 saturated carbocycles. The molecule has 2 rings (SSSR count). The molecule has 5 nitrogen and oxygen atoms in total. The fourth-order valence-corrected chi connectivity index (χ4v) is 2.11. The number of benzene rings is 1. The Hall–Kier alpha value is -1.82. The van der Waals surface area contributed by atoms with Crippen LogP contribution in [-0.4, -0.2) is 16.5 Å². The van der Waals surface area contributed by atoms with E-state index in [4.69, 9.17) is 15.2 Å². The molecule has 0 unspecified atom stereocenters. The zero-order valence-electron chi connectivity index (χ0n) is 11.4. The standard InChI is InChI=1S/C13H17N3O2S/c1-13(2,3)11-15-12(19-16-11)18-10-7-8(17-4)5-6-9(10)14/h5-7H,14H2,1-4H3. The zero-order valence-corrected chi connectivity index (χ0v) is 12.2. The van der Waals surface area contributed by atoms with Crippen molar-refractivity contribution < 1.29 is 9.47 Å². The van der Waals surface area contributed by atoms with E-state index >= 15 is 0 Å². The van der Waals surface area contributed by atoms with Crippen LogP contribution in [0.15, 0.2) is 18.2 Å². The Labute approximate surface area is 116 Å². The number of ether oxygens (including phenoxy) is 2. The molecule has 6 heteroatoms. The van der Waals surface area contributed by atoms with Gasteiger partial charge in [-0.2, -0.15) is 9.36 Å². The minimum absolute atomic E-state index is 0.0992. The third-order valence-electron chi connectivity index (χ3n) is 2.50. The number of hydrogen-bond acceptors (Lipinski definition) is 6. The minimum atomic E-state index is -0.0992. The highest BCUT2D eigenvalue weighted by Gasteiger charge is 2.20. The van der Waals surface area contributed by atoms with Crippen LogP contribution in [-0.2, 0) is 5.41 Å². The predicted octanol–water partition coefficient (Wildman–Crippen LogP) is 3.22. The zero-order chi connectivity index (χ0) is 14.0. The van der Waals surface area contributed by atoms with Gasteiger partial charge in [0.05, 0.1) is 12.8 Å². The first-order valence-electron chi connectivity index (χ1n) is 5.85. The SMILES string of the molecule is COc1ccc(N)c(Oc2nc(C(C)(C)C)ns2)c1. The highest BCUT2D eigenvalue weighted by molar-refractivity contribution is 7.07. The first-order chi connectivity index (χ1) is 8.90. The van der Waals surface area contributed by atoms with E-state index in [9.17, 15) is 0 Å². The third-order valence-corrected chi connectivity index (χ3v) is 3.09. The maximum Gasteiger partial charge on any atom is 0.298 e. The fourth-order valence-electron chi connectivity index (χ4n) is 1.38. The van der Waals surface area contributed by atoms with Gasteiger partial charge in [-0.15, -0.1) is 0 Å². The summed E-state index contributed by atoms with van der Waals surface area (Å²) in [5.41, 5.74) is 6.30. The normalized spacial score (nSPS) is 11.4. The number of aromatic nitrogens is 2. The van der Waals surface area contributed by atoms with E-state index in [0.717, 1.165) is 5.82 Å². The smallest absolute Gasteiger partial charge is 0.298 e. The maximum absolute atomic E-state index is 5.86.